The molecular weight excluding hydrogens is 293 g/mol. The summed E-state index contributed by atoms with van der Waals surface area (Å²) in [5, 5.41) is 2.93. The number of benzene rings is 2. The van der Waals surface area contributed by atoms with Crippen LogP contribution < -0.4 is 5.32 Å². The number of halogens is 1. The highest BCUT2D eigenvalue weighted by Gasteiger charge is 2.13. The summed E-state index contributed by atoms with van der Waals surface area (Å²) < 4.78 is 12.8. The van der Waals surface area contributed by atoms with Crippen molar-refractivity contribution in [1.82, 2.24) is 15.3 Å². The van der Waals surface area contributed by atoms with Gasteiger partial charge in [-0.05, 0) is 43.2 Å². The van der Waals surface area contributed by atoms with Crippen molar-refractivity contribution in [1.29, 1.82) is 0 Å². The summed E-state index contributed by atoms with van der Waals surface area (Å²) in [5.41, 5.74) is 2.78. The zero-order chi connectivity index (χ0) is 16.2. The summed E-state index contributed by atoms with van der Waals surface area (Å²) in [7, 11) is 0. The average Bonchev–Trinajstić information content (AvgIpc) is 2.98. The molecule has 23 heavy (non-hydrogen) atoms. The van der Waals surface area contributed by atoms with Gasteiger partial charge in [-0.3, -0.25) is 4.79 Å². The minimum atomic E-state index is -0.267. The van der Waals surface area contributed by atoms with Crippen molar-refractivity contribution in [2.24, 2.45) is 0 Å². The van der Waals surface area contributed by atoms with Crippen molar-refractivity contribution in [3.63, 3.8) is 0 Å². The molecule has 1 amide bonds. The summed E-state index contributed by atoms with van der Waals surface area (Å²) in [4.78, 5) is 19.8. The molecule has 3 aromatic rings. The van der Waals surface area contributed by atoms with Crippen LogP contribution in [0.2, 0.25) is 0 Å². The number of carbonyl (C=O) groups is 1. The lowest BCUT2D eigenvalue weighted by atomic mass is 10.1. The van der Waals surface area contributed by atoms with Crippen LogP contribution in [0.1, 0.15) is 30.8 Å². The summed E-state index contributed by atoms with van der Waals surface area (Å²) >= 11 is 0. The number of imidazole rings is 1. The zero-order valence-corrected chi connectivity index (χ0v) is 12.8. The number of nitrogens with zero attached hydrogens (tertiary/aromatic N) is 1. The predicted molar refractivity (Wildman–Crippen MR) is 87.4 cm³/mol. The molecule has 5 heteroatoms. The minimum Gasteiger partial charge on any atom is -0.346 e. The van der Waals surface area contributed by atoms with Crippen LogP contribution in [0.5, 0.6) is 0 Å². The highest BCUT2D eigenvalue weighted by Crippen LogP contribution is 2.15. The number of rotatable bonds is 5. The molecule has 1 heterocycles. The Morgan fingerprint density at radius 1 is 1.22 bits per heavy atom. The van der Waals surface area contributed by atoms with Gasteiger partial charge in [-0.15, -0.1) is 0 Å². The highest BCUT2D eigenvalue weighted by molar-refractivity contribution is 5.77. The van der Waals surface area contributed by atoms with E-state index < -0.39 is 0 Å². The van der Waals surface area contributed by atoms with Gasteiger partial charge in [0.1, 0.15) is 11.6 Å². The third-order valence-corrected chi connectivity index (χ3v) is 3.75. The first-order valence-corrected chi connectivity index (χ1v) is 7.60. The van der Waals surface area contributed by atoms with Gasteiger partial charge in [0.25, 0.3) is 0 Å². The van der Waals surface area contributed by atoms with Gasteiger partial charge in [-0.2, -0.15) is 0 Å². The average molecular weight is 311 g/mol. The first-order valence-electron chi connectivity index (χ1n) is 7.60. The number of fused-ring (bicyclic) bond motifs is 1. The third-order valence-electron chi connectivity index (χ3n) is 3.75. The summed E-state index contributed by atoms with van der Waals surface area (Å²) in [6.07, 6.45) is 0.940. The van der Waals surface area contributed by atoms with Gasteiger partial charge in [0.05, 0.1) is 17.1 Å². The van der Waals surface area contributed by atoms with E-state index in [0.29, 0.717) is 12.8 Å². The smallest absolute Gasteiger partial charge is 0.220 e. The quantitative estimate of drug-likeness (QED) is 0.757. The molecule has 1 aromatic heterocycles. The van der Waals surface area contributed by atoms with Crippen LogP contribution in [-0.4, -0.2) is 15.9 Å². The number of H-pyrrole nitrogens is 1. The van der Waals surface area contributed by atoms with E-state index in [-0.39, 0.29) is 17.8 Å². The Labute approximate surface area is 133 Å². The molecule has 2 N–H and O–H groups in total. The maximum Gasteiger partial charge on any atom is 0.220 e. The number of amides is 1. The van der Waals surface area contributed by atoms with E-state index >= 15 is 0 Å². The van der Waals surface area contributed by atoms with Crippen LogP contribution in [0.25, 0.3) is 11.0 Å². The lowest BCUT2D eigenvalue weighted by Gasteiger charge is -2.11. The molecule has 0 spiro atoms. The zero-order valence-electron chi connectivity index (χ0n) is 12.8. The second-order valence-electron chi connectivity index (χ2n) is 5.55. The number of hydrogen-bond acceptors (Lipinski definition) is 2. The van der Waals surface area contributed by atoms with Crippen molar-refractivity contribution in [2.45, 2.75) is 25.8 Å². The lowest BCUT2D eigenvalue weighted by Crippen LogP contribution is -2.27. The monoisotopic (exact) mass is 311 g/mol. The number of carbonyl (C=O) groups excluding carboxylic acids is 1. The molecule has 0 aliphatic rings. The number of aromatic amines is 1. The largest absolute Gasteiger partial charge is 0.346 e. The van der Waals surface area contributed by atoms with E-state index in [9.17, 15) is 9.18 Å². The van der Waals surface area contributed by atoms with Gasteiger partial charge in [-0.1, -0.05) is 24.3 Å². The molecule has 0 aliphatic carbocycles. The van der Waals surface area contributed by atoms with Crippen molar-refractivity contribution in [3.8, 4) is 0 Å². The summed E-state index contributed by atoms with van der Waals surface area (Å²) in [6.45, 7) is 1.90. The van der Waals surface area contributed by atoms with Gasteiger partial charge < -0.3 is 10.3 Å². The van der Waals surface area contributed by atoms with Crippen molar-refractivity contribution >= 4 is 16.9 Å². The molecule has 0 bridgehead atoms. The molecule has 2 aromatic carbocycles. The number of aromatic nitrogens is 2. The minimum absolute atomic E-state index is 0.0534. The molecular formula is C18H18FN3O. The van der Waals surface area contributed by atoms with Gasteiger partial charge in [0.15, 0.2) is 0 Å². The Morgan fingerprint density at radius 2 is 1.96 bits per heavy atom. The second kappa shape index (κ2) is 6.60. The predicted octanol–water partition coefficient (Wildman–Crippen LogP) is 3.51. The van der Waals surface area contributed by atoms with E-state index in [2.05, 4.69) is 15.3 Å². The number of nitrogens with one attached hydrogen (secondary N) is 2. The van der Waals surface area contributed by atoms with Crippen LogP contribution in [-0.2, 0) is 11.2 Å². The van der Waals surface area contributed by atoms with Gasteiger partial charge in [0.2, 0.25) is 5.91 Å². The molecule has 0 radical (unpaired) electrons. The van der Waals surface area contributed by atoms with E-state index in [4.69, 9.17) is 0 Å². The summed E-state index contributed by atoms with van der Waals surface area (Å²) in [6, 6.07) is 13.8. The molecule has 1 atom stereocenters. The van der Waals surface area contributed by atoms with Crippen LogP contribution in [0.4, 0.5) is 4.39 Å². The molecule has 1 unspecified atom stereocenters. The summed E-state index contributed by atoms with van der Waals surface area (Å²) in [5.74, 6) is 0.417. The van der Waals surface area contributed by atoms with Gasteiger partial charge >= 0.3 is 0 Å². The Morgan fingerprint density at radius 3 is 2.70 bits per heavy atom. The molecule has 118 valence electrons. The number of para-hydroxylation sites is 2. The maximum absolute atomic E-state index is 12.8. The van der Waals surface area contributed by atoms with Crippen molar-refractivity contribution in [2.75, 3.05) is 0 Å². The standard InChI is InChI=1S/C18H18FN3O/c1-12(18-21-15-4-2-3-5-16(15)22-18)20-17(23)11-8-13-6-9-14(19)10-7-13/h2-7,9-10,12H,8,11H2,1H3,(H,20,23)(H,21,22). The molecule has 3 rings (SSSR count). The Balaban J connectivity index is 1.57. The molecule has 0 saturated heterocycles. The van der Waals surface area contributed by atoms with Crippen LogP contribution in [0, 0.1) is 5.82 Å². The van der Waals surface area contributed by atoms with Crippen LogP contribution >= 0.6 is 0 Å². The molecule has 4 nitrogen and oxygen atoms in total. The fourth-order valence-electron chi connectivity index (χ4n) is 2.47. The normalized spacial score (nSPS) is 12.3. The Kier molecular flexibility index (Phi) is 4.37. The SMILES string of the molecule is CC(NC(=O)CCc1ccc(F)cc1)c1nc2ccccc2[nH]1. The lowest BCUT2D eigenvalue weighted by molar-refractivity contribution is -0.121. The van der Waals surface area contributed by atoms with E-state index in [0.717, 1.165) is 22.4 Å². The third kappa shape index (κ3) is 3.74. The fourth-order valence-corrected chi connectivity index (χ4v) is 2.47. The molecule has 0 aliphatic heterocycles. The molecule has 0 saturated carbocycles. The van der Waals surface area contributed by atoms with Crippen LogP contribution in [0.3, 0.4) is 0 Å². The highest BCUT2D eigenvalue weighted by atomic mass is 19.1. The first-order chi connectivity index (χ1) is 11.1. The number of hydrogen-bond donors (Lipinski definition) is 2. The van der Waals surface area contributed by atoms with Gasteiger partial charge in [-0.25, -0.2) is 9.37 Å². The van der Waals surface area contributed by atoms with Crippen molar-refractivity contribution < 1.29 is 9.18 Å². The second-order valence-corrected chi connectivity index (χ2v) is 5.55. The molecule has 0 fully saturated rings. The van der Waals surface area contributed by atoms with Crippen LogP contribution in [0.15, 0.2) is 48.5 Å². The topological polar surface area (TPSA) is 57.8 Å². The maximum atomic E-state index is 12.8. The number of aryl methyl sites for hydroxylation is 1. The van der Waals surface area contributed by atoms with Crippen molar-refractivity contribution in [3.05, 3.63) is 65.7 Å². The fraction of sp³-hybridized carbons (Fsp3) is 0.222. The van der Waals surface area contributed by atoms with E-state index in [1.54, 1.807) is 12.1 Å². The van der Waals surface area contributed by atoms with E-state index in [1.165, 1.54) is 12.1 Å². The Bertz CT molecular complexity index is 778. The van der Waals surface area contributed by atoms with E-state index in [1.807, 2.05) is 31.2 Å². The van der Waals surface area contributed by atoms with Gasteiger partial charge in [0, 0.05) is 6.42 Å². The first kappa shape index (κ1) is 15.2. The Hall–Kier alpha value is -2.69.